The number of nitrogens with zero attached hydrogens (tertiary/aromatic N) is 1. The number of nitrogens with one attached hydrogen (secondary N) is 1. The number of anilines is 1. The van der Waals surface area contributed by atoms with E-state index in [-0.39, 0.29) is 12.1 Å². The van der Waals surface area contributed by atoms with Gasteiger partial charge in [0.2, 0.25) is 0 Å². The van der Waals surface area contributed by atoms with Crippen LogP contribution in [0.3, 0.4) is 0 Å². The van der Waals surface area contributed by atoms with Gasteiger partial charge in [0.15, 0.2) is 5.13 Å². The Bertz CT molecular complexity index is 465. The number of carbonyl (C=O) groups excluding carboxylic acids is 1. The van der Waals surface area contributed by atoms with E-state index in [0.717, 1.165) is 36.3 Å². The molecule has 1 aliphatic carbocycles. The number of rotatable bonds is 1. The molecule has 0 fully saturated rings. The second kappa shape index (κ2) is 5.36. The van der Waals surface area contributed by atoms with Crippen LogP contribution in [0.4, 0.5) is 9.93 Å². The molecule has 3 N–H and O–H groups in total. The SMILES string of the molecule is CC(C)(C)OC(=O)N[C@@H]1CCCCc2nc(N)sc21. The van der Waals surface area contributed by atoms with Crippen molar-refractivity contribution < 1.29 is 9.53 Å². The van der Waals surface area contributed by atoms with Gasteiger partial charge in [0.1, 0.15) is 5.60 Å². The summed E-state index contributed by atoms with van der Waals surface area (Å²) >= 11 is 1.47. The van der Waals surface area contributed by atoms with Crippen LogP contribution in [-0.2, 0) is 11.2 Å². The minimum Gasteiger partial charge on any atom is -0.444 e. The van der Waals surface area contributed by atoms with Gasteiger partial charge in [0, 0.05) is 0 Å². The summed E-state index contributed by atoms with van der Waals surface area (Å²) in [7, 11) is 0. The van der Waals surface area contributed by atoms with Crippen LogP contribution < -0.4 is 11.1 Å². The molecule has 1 aromatic rings. The summed E-state index contributed by atoms with van der Waals surface area (Å²) < 4.78 is 5.31. The minimum atomic E-state index is -0.482. The maximum absolute atomic E-state index is 11.9. The third-order valence-electron chi connectivity index (χ3n) is 2.91. The smallest absolute Gasteiger partial charge is 0.408 e. The molecule has 19 heavy (non-hydrogen) atoms. The van der Waals surface area contributed by atoms with Gasteiger partial charge >= 0.3 is 6.09 Å². The van der Waals surface area contributed by atoms with Crippen LogP contribution in [0.5, 0.6) is 0 Å². The number of nitrogens with two attached hydrogens (primary N) is 1. The summed E-state index contributed by atoms with van der Waals surface area (Å²) in [4.78, 5) is 17.3. The average molecular weight is 283 g/mol. The molecule has 106 valence electrons. The fourth-order valence-electron chi connectivity index (χ4n) is 2.19. The van der Waals surface area contributed by atoms with E-state index >= 15 is 0 Å². The molecule has 0 saturated carbocycles. The maximum atomic E-state index is 11.9. The van der Waals surface area contributed by atoms with E-state index in [1.807, 2.05) is 20.8 Å². The lowest BCUT2D eigenvalue weighted by molar-refractivity contribution is 0.0502. The second-order valence-electron chi connectivity index (χ2n) is 5.81. The fraction of sp³-hybridized carbons (Fsp3) is 0.692. The largest absolute Gasteiger partial charge is 0.444 e. The molecule has 0 spiro atoms. The number of hydrogen-bond acceptors (Lipinski definition) is 5. The van der Waals surface area contributed by atoms with Crippen molar-refractivity contribution in [2.45, 2.75) is 58.1 Å². The number of nitrogen functional groups attached to an aromatic ring is 1. The van der Waals surface area contributed by atoms with Crippen LogP contribution in [-0.4, -0.2) is 16.7 Å². The molecule has 1 heterocycles. The maximum Gasteiger partial charge on any atom is 0.408 e. The molecule has 1 atom stereocenters. The zero-order valence-electron chi connectivity index (χ0n) is 11.7. The Hall–Kier alpha value is -1.30. The van der Waals surface area contributed by atoms with Gasteiger partial charge in [-0.1, -0.05) is 17.8 Å². The molecule has 5 nitrogen and oxygen atoms in total. The van der Waals surface area contributed by atoms with Crippen molar-refractivity contribution in [2.75, 3.05) is 5.73 Å². The van der Waals surface area contributed by atoms with E-state index in [9.17, 15) is 4.79 Å². The van der Waals surface area contributed by atoms with Gasteiger partial charge in [-0.05, 0) is 40.0 Å². The van der Waals surface area contributed by atoms with Crippen LogP contribution >= 0.6 is 11.3 Å². The third kappa shape index (κ3) is 3.83. The molecule has 0 unspecified atom stereocenters. The van der Waals surface area contributed by atoms with Crippen molar-refractivity contribution >= 4 is 22.6 Å². The van der Waals surface area contributed by atoms with E-state index < -0.39 is 5.60 Å². The van der Waals surface area contributed by atoms with E-state index in [0.29, 0.717) is 5.13 Å². The summed E-state index contributed by atoms with van der Waals surface area (Å²) in [5.74, 6) is 0. The van der Waals surface area contributed by atoms with Crippen LogP contribution in [0.15, 0.2) is 0 Å². The number of hydrogen-bond donors (Lipinski definition) is 2. The Labute approximate surface area is 117 Å². The number of alkyl carbamates (subject to hydrolysis) is 1. The molecular weight excluding hydrogens is 262 g/mol. The van der Waals surface area contributed by atoms with Crippen LogP contribution in [0.2, 0.25) is 0 Å². The first-order chi connectivity index (χ1) is 8.85. The summed E-state index contributed by atoms with van der Waals surface area (Å²) in [6.07, 6.45) is 3.63. The molecule has 1 aliphatic rings. The van der Waals surface area contributed by atoms with Gasteiger partial charge in [-0.2, -0.15) is 0 Å². The molecule has 2 rings (SSSR count). The minimum absolute atomic E-state index is 0.0258. The lowest BCUT2D eigenvalue weighted by Crippen LogP contribution is -2.34. The predicted molar refractivity (Wildman–Crippen MR) is 76.2 cm³/mol. The van der Waals surface area contributed by atoms with Gasteiger partial charge in [0.25, 0.3) is 0 Å². The summed E-state index contributed by atoms with van der Waals surface area (Å²) in [5, 5.41) is 3.51. The summed E-state index contributed by atoms with van der Waals surface area (Å²) in [5.41, 5.74) is 6.31. The quantitative estimate of drug-likeness (QED) is 0.777. The molecular formula is C13H21N3O2S. The zero-order chi connectivity index (χ0) is 14.0. The number of carbonyl (C=O) groups is 1. The molecule has 0 radical (unpaired) electrons. The molecule has 0 saturated heterocycles. The van der Waals surface area contributed by atoms with Crippen molar-refractivity contribution in [1.82, 2.24) is 10.3 Å². The van der Waals surface area contributed by atoms with E-state index in [2.05, 4.69) is 10.3 Å². The first-order valence-corrected chi connectivity index (χ1v) is 7.41. The topological polar surface area (TPSA) is 77.2 Å². The van der Waals surface area contributed by atoms with Gasteiger partial charge in [-0.3, -0.25) is 0 Å². The van der Waals surface area contributed by atoms with Crippen molar-refractivity contribution in [3.05, 3.63) is 10.6 Å². The summed E-state index contributed by atoms with van der Waals surface area (Å²) in [6, 6.07) is -0.0258. The molecule has 6 heteroatoms. The number of amides is 1. The monoisotopic (exact) mass is 283 g/mol. The highest BCUT2D eigenvalue weighted by atomic mass is 32.1. The highest BCUT2D eigenvalue weighted by Crippen LogP contribution is 2.34. The van der Waals surface area contributed by atoms with Crippen LogP contribution in [0, 0.1) is 0 Å². The molecule has 0 aliphatic heterocycles. The normalized spacial score (nSPS) is 19.4. The van der Waals surface area contributed by atoms with Gasteiger partial charge in [-0.25, -0.2) is 9.78 Å². The Morgan fingerprint density at radius 1 is 1.47 bits per heavy atom. The van der Waals surface area contributed by atoms with Gasteiger partial charge in [0.05, 0.1) is 16.6 Å². The zero-order valence-corrected chi connectivity index (χ0v) is 12.5. The van der Waals surface area contributed by atoms with E-state index in [4.69, 9.17) is 10.5 Å². The number of ether oxygens (including phenoxy) is 1. The van der Waals surface area contributed by atoms with Crippen molar-refractivity contribution in [2.24, 2.45) is 0 Å². The second-order valence-corrected chi connectivity index (χ2v) is 6.87. The summed E-state index contributed by atoms with van der Waals surface area (Å²) in [6.45, 7) is 5.57. The Morgan fingerprint density at radius 3 is 2.89 bits per heavy atom. The van der Waals surface area contributed by atoms with Crippen LogP contribution in [0.25, 0.3) is 0 Å². The van der Waals surface area contributed by atoms with Crippen LogP contribution in [0.1, 0.15) is 56.6 Å². The molecule has 0 bridgehead atoms. The lowest BCUT2D eigenvalue weighted by Gasteiger charge is -2.22. The number of fused-ring (bicyclic) bond motifs is 1. The fourth-order valence-corrected chi connectivity index (χ4v) is 3.16. The number of aryl methyl sites for hydroxylation is 1. The average Bonchev–Trinajstić information content (AvgIpc) is 2.52. The van der Waals surface area contributed by atoms with E-state index in [1.54, 1.807) is 0 Å². The highest BCUT2D eigenvalue weighted by Gasteiger charge is 2.26. The third-order valence-corrected chi connectivity index (χ3v) is 3.95. The van der Waals surface area contributed by atoms with Gasteiger partial charge < -0.3 is 15.8 Å². The highest BCUT2D eigenvalue weighted by molar-refractivity contribution is 7.15. The Morgan fingerprint density at radius 2 is 2.21 bits per heavy atom. The Kier molecular flexibility index (Phi) is 3.99. The number of thiazole rings is 1. The first-order valence-electron chi connectivity index (χ1n) is 6.60. The van der Waals surface area contributed by atoms with Crippen molar-refractivity contribution in [3.63, 3.8) is 0 Å². The molecule has 1 aromatic heterocycles. The van der Waals surface area contributed by atoms with Crippen molar-refractivity contribution in [1.29, 1.82) is 0 Å². The van der Waals surface area contributed by atoms with Gasteiger partial charge in [-0.15, -0.1) is 0 Å². The van der Waals surface area contributed by atoms with Crippen molar-refractivity contribution in [3.8, 4) is 0 Å². The Balaban J connectivity index is 2.09. The number of aromatic nitrogens is 1. The predicted octanol–water partition coefficient (Wildman–Crippen LogP) is 3.02. The molecule has 0 aromatic carbocycles. The molecule has 1 amide bonds. The standard InChI is InChI=1S/C13H21N3O2S/c1-13(2,3)18-12(17)16-9-7-5-4-6-8-10(9)19-11(14)15-8/h9H,4-7H2,1-3H3,(H2,14,15)(H,16,17)/t9-/m1/s1. The lowest BCUT2D eigenvalue weighted by atomic mass is 10.1. The van der Waals surface area contributed by atoms with E-state index in [1.165, 1.54) is 11.3 Å². The first kappa shape index (κ1) is 14.1.